The van der Waals surface area contributed by atoms with Crippen LogP contribution in [0.5, 0.6) is 5.75 Å². The van der Waals surface area contributed by atoms with Crippen LogP contribution in [0.3, 0.4) is 0 Å². The number of benzene rings is 1. The summed E-state index contributed by atoms with van der Waals surface area (Å²) in [6, 6.07) is 8.21. The van der Waals surface area contributed by atoms with E-state index < -0.39 is 17.2 Å². The number of methoxy groups -OCH3 is 1. The Labute approximate surface area is 181 Å². The van der Waals surface area contributed by atoms with Crippen LogP contribution in [-0.4, -0.2) is 69.4 Å². The van der Waals surface area contributed by atoms with Crippen molar-refractivity contribution in [3.05, 3.63) is 29.8 Å². The van der Waals surface area contributed by atoms with Gasteiger partial charge in [-0.1, -0.05) is 12.1 Å². The SMILES string of the molecule is CN=C(NCC(c1ccc(OC)cc1)N(C)C)NCC(C)(C)NC(=O)OC(C)(C)C. The summed E-state index contributed by atoms with van der Waals surface area (Å²) in [7, 11) is 7.47. The first-order chi connectivity index (χ1) is 13.9. The number of ether oxygens (including phenoxy) is 2. The van der Waals surface area contributed by atoms with Crippen molar-refractivity contribution in [2.45, 2.75) is 51.8 Å². The van der Waals surface area contributed by atoms with E-state index in [9.17, 15) is 4.79 Å². The molecule has 3 N–H and O–H groups in total. The van der Waals surface area contributed by atoms with E-state index in [4.69, 9.17) is 9.47 Å². The van der Waals surface area contributed by atoms with Gasteiger partial charge in [-0.25, -0.2) is 4.79 Å². The number of alkyl carbamates (subject to hydrolysis) is 1. The Hall–Kier alpha value is -2.48. The van der Waals surface area contributed by atoms with Gasteiger partial charge in [0.05, 0.1) is 18.7 Å². The molecule has 1 aromatic carbocycles. The van der Waals surface area contributed by atoms with Crippen molar-refractivity contribution in [3.8, 4) is 5.75 Å². The fraction of sp³-hybridized carbons (Fsp3) is 0.636. The topological polar surface area (TPSA) is 87.2 Å². The molecule has 0 aliphatic carbocycles. The number of hydrogen-bond donors (Lipinski definition) is 3. The van der Waals surface area contributed by atoms with E-state index in [-0.39, 0.29) is 6.04 Å². The standard InChI is InChI=1S/C22H39N5O3/c1-21(2,3)30-20(28)26-22(4,5)15-25-19(23-6)24-14-18(27(7)8)16-10-12-17(29-9)13-11-16/h10-13,18H,14-15H2,1-9H3,(H,26,28)(H2,23,24,25). The average Bonchev–Trinajstić information content (AvgIpc) is 2.62. The van der Waals surface area contributed by atoms with E-state index in [0.29, 0.717) is 19.0 Å². The van der Waals surface area contributed by atoms with Crippen molar-refractivity contribution in [1.82, 2.24) is 20.9 Å². The van der Waals surface area contributed by atoms with Gasteiger partial charge in [0.1, 0.15) is 11.4 Å². The molecule has 1 unspecified atom stereocenters. The van der Waals surface area contributed by atoms with Gasteiger partial charge in [0, 0.05) is 20.1 Å². The van der Waals surface area contributed by atoms with Gasteiger partial charge < -0.3 is 30.3 Å². The van der Waals surface area contributed by atoms with Crippen LogP contribution in [-0.2, 0) is 4.74 Å². The molecule has 0 saturated heterocycles. The quantitative estimate of drug-likeness (QED) is 0.442. The number of rotatable bonds is 8. The Kier molecular flexibility index (Phi) is 9.42. The molecule has 0 bridgehead atoms. The molecule has 30 heavy (non-hydrogen) atoms. The highest BCUT2D eigenvalue weighted by molar-refractivity contribution is 5.80. The van der Waals surface area contributed by atoms with Gasteiger partial charge in [-0.2, -0.15) is 0 Å². The number of likely N-dealkylation sites (N-methyl/N-ethyl adjacent to an activating group) is 1. The molecular weight excluding hydrogens is 382 g/mol. The van der Waals surface area contributed by atoms with Gasteiger partial charge in [-0.3, -0.25) is 4.99 Å². The number of carbonyl (C=O) groups excluding carboxylic acids is 1. The molecule has 0 heterocycles. The minimum Gasteiger partial charge on any atom is -0.497 e. The molecule has 0 aromatic heterocycles. The van der Waals surface area contributed by atoms with Gasteiger partial charge >= 0.3 is 6.09 Å². The fourth-order valence-electron chi connectivity index (χ4n) is 2.77. The molecule has 8 heteroatoms. The van der Waals surface area contributed by atoms with Crippen molar-refractivity contribution in [1.29, 1.82) is 0 Å². The highest BCUT2D eigenvalue weighted by Crippen LogP contribution is 2.20. The summed E-state index contributed by atoms with van der Waals surface area (Å²) in [4.78, 5) is 18.5. The predicted molar refractivity (Wildman–Crippen MR) is 122 cm³/mol. The molecule has 1 aromatic rings. The van der Waals surface area contributed by atoms with Crippen LogP contribution in [0.2, 0.25) is 0 Å². The third-order valence-corrected chi connectivity index (χ3v) is 4.35. The second kappa shape index (κ2) is 11.1. The highest BCUT2D eigenvalue weighted by atomic mass is 16.6. The maximum Gasteiger partial charge on any atom is 0.408 e. The second-order valence-electron chi connectivity index (χ2n) is 9.07. The van der Waals surface area contributed by atoms with Crippen molar-refractivity contribution in [2.75, 3.05) is 41.3 Å². The summed E-state index contributed by atoms with van der Waals surface area (Å²) in [5.41, 5.74) is 0.126. The fourth-order valence-corrected chi connectivity index (χ4v) is 2.77. The first-order valence-electron chi connectivity index (χ1n) is 10.1. The Morgan fingerprint density at radius 2 is 1.70 bits per heavy atom. The van der Waals surface area contributed by atoms with Crippen molar-refractivity contribution in [3.63, 3.8) is 0 Å². The Balaban J connectivity index is 2.64. The van der Waals surface area contributed by atoms with Crippen LogP contribution in [0.25, 0.3) is 0 Å². The first kappa shape index (κ1) is 25.6. The van der Waals surface area contributed by atoms with Crippen molar-refractivity contribution < 1.29 is 14.3 Å². The maximum absolute atomic E-state index is 12.1. The smallest absolute Gasteiger partial charge is 0.408 e. The zero-order valence-electron chi connectivity index (χ0n) is 19.9. The van der Waals surface area contributed by atoms with Crippen LogP contribution in [0, 0.1) is 0 Å². The summed E-state index contributed by atoms with van der Waals surface area (Å²) >= 11 is 0. The number of hydrogen-bond acceptors (Lipinski definition) is 5. The number of aliphatic imine (C=N–C) groups is 1. The summed E-state index contributed by atoms with van der Waals surface area (Å²) < 4.78 is 10.6. The Morgan fingerprint density at radius 1 is 1.10 bits per heavy atom. The molecule has 0 radical (unpaired) electrons. The molecule has 8 nitrogen and oxygen atoms in total. The van der Waals surface area contributed by atoms with E-state index in [1.54, 1.807) is 14.2 Å². The lowest BCUT2D eigenvalue weighted by molar-refractivity contribution is 0.0474. The number of nitrogens with zero attached hydrogens (tertiary/aromatic N) is 2. The van der Waals surface area contributed by atoms with Gasteiger partial charge in [0.15, 0.2) is 5.96 Å². The molecule has 0 spiro atoms. The second-order valence-corrected chi connectivity index (χ2v) is 9.07. The third-order valence-electron chi connectivity index (χ3n) is 4.35. The minimum absolute atomic E-state index is 0.155. The van der Waals surface area contributed by atoms with Gasteiger partial charge in [-0.15, -0.1) is 0 Å². The maximum atomic E-state index is 12.1. The number of guanidine groups is 1. The number of carbonyl (C=O) groups is 1. The molecule has 1 amide bonds. The van der Waals surface area contributed by atoms with Crippen molar-refractivity contribution >= 4 is 12.1 Å². The van der Waals surface area contributed by atoms with Gasteiger partial charge in [0.25, 0.3) is 0 Å². The lowest BCUT2D eigenvalue weighted by atomic mass is 10.1. The van der Waals surface area contributed by atoms with E-state index >= 15 is 0 Å². The van der Waals surface area contributed by atoms with Crippen molar-refractivity contribution in [2.24, 2.45) is 4.99 Å². The lowest BCUT2D eigenvalue weighted by Gasteiger charge is -2.30. The average molecular weight is 422 g/mol. The Bertz CT molecular complexity index is 694. The number of nitrogens with one attached hydrogen (secondary N) is 3. The summed E-state index contributed by atoms with van der Waals surface area (Å²) in [6.07, 6.45) is -0.440. The van der Waals surface area contributed by atoms with Crippen LogP contribution < -0.4 is 20.7 Å². The van der Waals surface area contributed by atoms with E-state index in [1.165, 1.54) is 5.56 Å². The molecule has 1 rings (SSSR count). The Morgan fingerprint density at radius 3 is 2.17 bits per heavy atom. The first-order valence-corrected chi connectivity index (χ1v) is 10.1. The molecule has 170 valence electrons. The third kappa shape index (κ3) is 9.35. The molecule has 0 aliphatic rings. The van der Waals surface area contributed by atoms with Crippen LogP contribution in [0.1, 0.15) is 46.2 Å². The van der Waals surface area contributed by atoms with Gasteiger partial charge in [0.2, 0.25) is 0 Å². The molecule has 0 saturated carbocycles. The summed E-state index contributed by atoms with van der Waals surface area (Å²) in [6.45, 7) is 10.5. The van der Waals surface area contributed by atoms with Crippen LogP contribution in [0.4, 0.5) is 4.79 Å². The predicted octanol–water partition coefficient (Wildman–Crippen LogP) is 2.77. The van der Waals surface area contributed by atoms with Crippen LogP contribution >= 0.6 is 0 Å². The molecular formula is C22H39N5O3. The molecule has 0 fully saturated rings. The zero-order valence-corrected chi connectivity index (χ0v) is 19.9. The summed E-state index contributed by atoms with van der Waals surface area (Å²) in [5.74, 6) is 1.50. The zero-order chi connectivity index (χ0) is 22.9. The van der Waals surface area contributed by atoms with E-state index in [1.807, 2.05) is 60.8 Å². The van der Waals surface area contributed by atoms with E-state index in [2.05, 4.69) is 38.0 Å². The van der Waals surface area contributed by atoms with E-state index in [0.717, 1.165) is 5.75 Å². The summed E-state index contributed by atoms with van der Waals surface area (Å²) in [5, 5.41) is 9.52. The number of amides is 1. The normalized spacial score (nSPS) is 13.6. The molecule has 1 atom stereocenters. The molecule has 0 aliphatic heterocycles. The lowest BCUT2D eigenvalue weighted by Crippen LogP contribution is -2.54. The van der Waals surface area contributed by atoms with Crippen LogP contribution in [0.15, 0.2) is 29.3 Å². The minimum atomic E-state index is -0.534. The largest absolute Gasteiger partial charge is 0.497 e. The highest BCUT2D eigenvalue weighted by Gasteiger charge is 2.25. The van der Waals surface area contributed by atoms with Gasteiger partial charge in [-0.05, 0) is 66.4 Å². The monoisotopic (exact) mass is 421 g/mol.